The number of benzene rings is 2. The highest BCUT2D eigenvalue weighted by Crippen LogP contribution is 2.16. The summed E-state index contributed by atoms with van der Waals surface area (Å²) in [5.41, 5.74) is 1.47. The van der Waals surface area contributed by atoms with Gasteiger partial charge in [0.25, 0.3) is 5.69 Å². The molecule has 2 rings (SSSR count). The fraction of sp³-hybridized carbons (Fsp3) is 0.125. The van der Waals surface area contributed by atoms with Crippen molar-refractivity contribution in [2.24, 2.45) is 0 Å². The average molecular weight is 329 g/mol. The summed E-state index contributed by atoms with van der Waals surface area (Å²) in [4.78, 5) is 22.1. The van der Waals surface area contributed by atoms with Gasteiger partial charge in [0.05, 0.1) is 4.92 Å². The van der Waals surface area contributed by atoms with Gasteiger partial charge in [-0.2, -0.15) is 0 Å². The molecule has 118 valence electrons. The lowest BCUT2D eigenvalue weighted by molar-refractivity contribution is -0.384. The second kappa shape index (κ2) is 8.00. The number of anilines is 1. The molecule has 0 saturated carbocycles. The van der Waals surface area contributed by atoms with E-state index >= 15 is 0 Å². The van der Waals surface area contributed by atoms with Crippen LogP contribution in [0, 0.1) is 10.1 Å². The molecular formula is C16H15N3O3S. The maximum Gasteiger partial charge on any atom is 0.271 e. The minimum Gasteiger partial charge on any atom is -0.332 e. The van der Waals surface area contributed by atoms with Crippen LogP contribution in [0.3, 0.4) is 0 Å². The van der Waals surface area contributed by atoms with Gasteiger partial charge in [0.1, 0.15) is 0 Å². The van der Waals surface area contributed by atoms with E-state index in [4.69, 9.17) is 12.2 Å². The number of nitrogens with zero attached hydrogens (tertiary/aromatic N) is 1. The first-order valence-electron chi connectivity index (χ1n) is 6.94. The van der Waals surface area contributed by atoms with Gasteiger partial charge in [0.2, 0.25) is 5.91 Å². The van der Waals surface area contributed by atoms with Crippen LogP contribution in [0.1, 0.15) is 12.0 Å². The molecule has 0 heterocycles. The normalized spacial score (nSPS) is 9.91. The lowest BCUT2D eigenvalue weighted by Gasteiger charge is -2.09. The Labute approximate surface area is 138 Å². The van der Waals surface area contributed by atoms with Crippen molar-refractivity contribution in [1.29, 1.82) is 0 Å². The number of nitro benzene ring substituents is 1. The summed E-state index contributed by atoms with van der Waals surface area (Å²) >= 11 is 5.04. The van der Waals surface area contributed by atoms with Crippen LogP contribution < -0.4 is 10.6 Å². The molecule has 0 bridgehead atoms. The first-order valence-corrected chi connectivity index (χ1v) is 7.34. The van der Waals surface area contributed by atoms with E-state index < -0.39 is 4.92 Å². The Morgan fingerprint density at radius 2 is 1.87 bits per heavy atom. The van der Waals surface area contributed by atoms with Crippen LogP contribution in [0.4, 0.5) is 11.4 Å². The van der Waals surface area contributed by atoms with Gasteiger partial charge in [-0.05, 0) is 30.3 Å². The van der Waals surface area contributed by atoms with E-state index in [1.807, 2.05) is 30.3 Å². The van der Waals surface area contributed by atoms with Crippen molar-refractivity contribution >= 4 is 34.6 Å². The zero-order valence-corrected chi connectivity index (χ0v) is 13.0. The zero-order valence-electron chi connectivity index (χ0n) is 12.2. The largest absolute Gasteiger partial charge is 0.332 e. The summed E-state index contributed by atoms with van der Waals surface area (Å²) in [6.07, 6.45) is 0.923. The van der Waals surface area contributed by atoms with Crippen LogP contribution in [0.15, 0.2) is 54.6 Å². The Balaban J connectivity index is 1.83. The standard InChI is InChI=1S/C16H15N3O3S/c20-15(10-9-12-5-2-1-3-6-12)18-16(23)17-13-7-4-8-14(11-13)19(21)22/h1-8,11H,9-10H2,(H2,17,18,20,23). The predicted octanol–water partition coefficient (Wildman–Crippen LogP) is 3.04. The molecule has 0 spiro atoms. The molecule has 0 aliphatic rings. The first kappa shape index (κ1) is 16.6. The Bertz CT molecular complexity index is 720. The zero-order chi connectivity index (χ0) is 16.7. The number of hydrogen-bond acceptors (Lipinski definition) is 4. The molecule has 0 atom stereocenters. The molecule has 23 heavy (non-hydrogen) atoms. The molecule has 1 amide bonds. The number of nitro groups is 1. The quantitative estimate of drug-likeness (QED) is 0.500. The van der Waals surface area contributed by atoms with Crippen molar-refractivity contribution < 1.29 is 9.72 Å². The van der Waals surface area contributed by atoms with Crippen molar-refractivity contribution in [3.8, 4) is 0 Å². The van der Waals surface area contributed by atoms with E-state index in [0.29, 0.717) is 18.5 Å². The molecule has 2 aromatic rings. The number of aryl methyl sites for hydroxylation is 1. The molecule has 0 saturated heterocycles. The van der Waals surface area contributed by atoms with E-state index in [-0.39, 0.29) is 16.7 Å². The summed E-state index contributed by atoms with van der Waals surface area (Å²) in [6, 6.07) is 15.6. The summed E-state index contributed by atoms with van der Waals surface area (Å²) in [5, 5.41) is 16.1. The van der Waals surface area contributed by atoms with Gasteiger partial charge >= 0.3 is 0 Å². The van der Waals surface area contributed by atoms with Crippen molar-refractivity contribution in [2.45, 2.75) is 12.8 Å². The van der Waals surface area contributed by atoms with E-state index in [2.05, 4.69) is 10.6 Å². The number of non-ortho nitro benzene ring substituents is 1. The summed E-state index contributed by atoms with van der Waals surface area (Å²) in [7, 11) is 0. The lowest BCUT2D eigenvalue weighted by atomic mass is 10.1. The van der Waals surface area contributed by atoms with E-state index in [9.17, 15) is 14.9 Å². The van der Waals surface area contributed by atoms with Gasteiger partial charge < -0.3 is 10.6 Å². The molecule has 7 heteroatoms. The number of rotatable bonds is 5. The van der Waals surface area contributed by atoms with Crippen molar-refractivity contribution in [1.82, 2.24) is 5.32 Å². The SMILES string of the molecule is O=C(CCc1ccccc1)NC(=S)Nc1cccc([N+](=O)[O-])c1. The fourth-order valence-corrected chi connectivity index (χ4v) is 2.18. The topological polar surface area (TPSA) is 84.3 Å². The Morgan fingerprint density at radius 3 is 2.57 bits per heavy atom. The second-order valence-corrected chi connectivity index (χ2v) is 5.20. The number of thiocarbonyl (C=S) groups is 1. The third kappa shape index (κ3) is 5.48. The van der Waals surface area contributed by atoms with Crippen LogP contribution in [-0.4, -0.2) is 15.9 Å². The minimum atomic E-state index is -0.493. The molecule has 2 N–H and O–H groups in total. The Kier molecular flexibility index (Phi) is 5.76. The van der Waals surface area contributed by atoms with Gasteiger partial charge in [0.15, 0.2) is 5.11 Å². The average Bonchev–Trinajstić information content (AvgIpc) is 2.54. The highest BCUT2D eigenvalue weighted by Gasteiger charge is 2.08. The van der Waals surface area contributed by atoms with Gasteiger partial charge in [-0.1, -0.05) is 36.4 Å². The van der Waals surface area contributed by atoms with Crippen molar-refractivity contribution in [3.05, 3.63) is 70.3 Å². The molecule has 2 aromatic carbocycles. The van der Waals surface area contributed by atoms with Crippen molar-refractivity contribution in [3.63, 3.8) is 0 Å². The summed E-state index contributed by atoms with van der Waals surface area (Å²) in [6.45, 7) is 0. The van der Waals surface area contributed by atoms with Crippen LogP contribution >= 0.6 is 12.2 Å². The monoisotopic (exact) mass is 329 g/mol. The van der Waals surface area contributed by atoms with Gasteiger partial charge in [-0.25, -0.2) is 0 Å². The number of carbonyl (C=O) groups is 1. The molecular weight excluding hydrogens is 314 g/mol. The highest BCUT2D eigenvalue weighted by molar-refractivity contribution is 7.80. The van der Waals surface area contributed by atoms with Crippen molar-refractivity contribution in [2.75, 3.05) is 5.32 Å². The minimum absolute atomic E-state index is 0.0480. The van der Waals surface area contributed by atoms with Gasteiger partial charge in [-0.3, -0.25) is 14.9 Å². The molecule has 6 nitrogen and oxygen atoms in total. The number of carbonyl (C=O) groups excluding carboxylic acids is 1. The molecule has 0 aromatic heterocycles. The first-order chi connectivity index (χ1) is 11.0. The number of amides is 1. The third-order valence-corrected chi connectivity index (χ3v) is 3.26. The Hall–Kier alpha value is -2.80. The van der Waals surface area contributed by atoms with Gasteiger partial charge in [-0.15, -0.1) is 0 Å². The summed E-state index contributed by atoms with van der Waals surface area (Å²) < 4.78 is 0. The molecule has 0 radical (unpaired) electrons. The Morgan fingerprint density at radius 1 is 1.13 bits per heavy atom. The molecule has 0 fully saturated rings. The smallest absolute Gasteiger partial charge is 0.271 e. The fourth-order valence-electron chi connectivity index (χ4n) is 1.95. The number of hydrogen-bond donors (Lipinski definition) is 2. The van der Waals surface area contributed by atoms with E-state index in [0.717, 1.165) is 5.56 Å². The number of nitrogens with one attached hydrogen (secondary N) is 2. The predicted molar refractivity (Wildman–Crippen MR) is 92.2 cm³/mol. The van der Waals surface area contributed by atoms with Crippen LogP contribution in [0.25, 0.3) is 0 Å². The van der Waals surface area contributed by atoms with E-state index in [1.54, 1.807) is 12.1 Å². The van der Waals surface area contributed by atoms with E-state index in [1.165, 1.54) is 12.1 Å². The highest BCUT2D eigenvalue weighted by atomic mass is 32.1. The maximum absolute atomic E-state index is 11.8. The third-order valence-electron chi connectivity index (χ3n) is 3.05. The van der Waals surface area contributed by atoms with Crippen LogP contribution in [0.2, 0.25) is 0 Å². The lowest BCUT2D eigenvalue weighted by Crippen LogP contribution is -2.34. The molecule has 0 aliphatic carbocycles. The van der Waals surface area contributed by atoms with Gasteiger partial charge in [0, 0.05) is 24.2 Å². The maximum atomic E-state index is 11.8. The van der Waals surface area contributed by atoms with Crippen LogP contribution in [0.5, 0.6) is 0 Å². The second-order valence-electron chi connectivity index (χ2n) is 4.80. The van der Waals surface area contributed by atoms with Crippen LogP contribution in [-0.2, 0) is 11.2 Å². The summed E-state index contributed by atoms with van der Waals surface area (Å²) in [5.74, 6) is -0.211. The molecule has 0 aliphatic heterocycles. The molecule has 0 unspecified atom stereocenters.